The first kappa shape index (κ1) is 36.0. The molecule has 4 N–H and O–H groups in total. The van der Waals surface area contributed by atoms with Crippen LogP contribution in [0.3, 0.4) is 0 Å². The lowest BCUT2D eigenvalue weighted by atomic mass is 9.97. The fraction of sp³-hybridized carbons (Fsp3) is 0.159. The number of hydrogen-bond donors (Lipinski definition) is 4. The Morgan fingerprint density at radius 1 is 0.660 bits per heavy atom. The minimum absolute atomic E-state index is 0.210. The standard InChI is InChI=1S/C23H22N2O2.C21H17N3O2/c1-14-7-10-21(20(11-14)23(26)27)25-17-12-15(2)22(24-13-17)19-6-4-3-5-18(19)16-8-9-16;1-13-7-8-19(18(9-13)21(25)26)24-16-10-14(2)20(23-12-16)17-6-4-3-5-15(17)11-22/h3-7,10-13,16,25H,8-9H2,1-2H3,(H,26,27);3-10,12,24H,1-2H3,(H,25,26). The summed E-state index contributed by atoms with van der Waals surface area (Å²) in [5.74, 6) is -1.27. The van der Waals surface area contributed by atoms with Crippen molar-refractivity contribution in [3.05, 3.63) is 154 Å². The van der Waals surface area contributed by atoms with Crippen molar-refractivity contribution in [3.8, 4) is 28.6 Å². The number of aromatic carboxylic acids is 2. The molecule has 2 heterocycles. The summed E-state index contributed by atoms with van der Waals surface area (Å²) < 4.78 is 0. The van der Waals surface area contributed by atoms with E-state index in [4.69, 9.17) is 4.98 Å². The largest absolute Gasteiger partial charge is 0.478 e. The van der Waals surface area contributed by atoms with Crippen molar-refractivity contribution < 1.29 is 19.8 Å². The average Bonchev–Trinajstić information content (AvgIpc) is 3.99. The van der Waals surface area contributed by atoms with Gasteiger partial charge in [-0.1, -0.05) is 65.7 Å². The molecule has 0 bridgehead atoms. The number of nitrogens with zero attached hydrogens (tertiary/aromatic N) is 3. The quantitative estimate of drug-likeness (QED) is 0.116. The molecule has 0 unspecified atom stereocenters. The Balaban J connectivity index is 0.000000182. The molecule has 4 aromatic carbocycles. The van der Waals surface area contributed by atoms with Crippen LogP contribution in [0.5, 0.6) is 0 Å². The predicted molar refractivity (Wildman–Crippen MR) is 208 cm³/mol. The maximum Gasteiger partial charge on any atom is 0.337 e. The molecule has 0 aliphatic heterocycles. The van der Waals surface area contributed by atoms with Gasteiger partial charge in [-0.15, -0.1) is 0 Å². The fourth-order valence-corrected chi connectivity index (χ4v) is 6.30. The Morgan fingerprint density at radius 3 is 1.60 bits per heavy atom. The summed E-state index contributed by atoms with van der Waals surface area (Å²) in [4.78, 5) is 32.2. The van der Waals surface area contributed by atoms with E-state index in [9.17, 15) is 25.1 Å². The van der Waals surface area contributed by atoms with Gasteiger partial charge in [-0.25, -0.2) is 9.59 Å². The van der Waals surface area contributed by atoms with Crippen molar-refractivity contribution in [1.29, 1.82) is 5.26 Å². The lowest BCUT2D eigenvalue weighted by Crippen LogP contribution is -2.04. The topological polar surface area (TPSA) is 148 Å². The SMILES string of the molecule is Cc1ccc(Nc2cnc(-c3ccccc3C#N)c(C)c2)c(C(=O)O)c1.Cc1ccc(Nc2cnc(-c3ccccc3C3CC3)c(C)c2)c(C(=O)O)c1. The maximum absolute atomic E-state index is 11.5. The van der Waals surface area contributed by atoms with Crippen molar-refractivity contribution in [2.75, 3.05) is 10.6 Å². The molecule has 0 radical (unpaired) electrons. The van der Waals surface area contributed by atoms with Gasteiger partial charge in [-0.3, -0.25) is 9.97 Å². The number of carboxylic acids is 2. The van der Waals surface area contributed by atoms with Crippen molar-refractivity contribution >= 4 is 34.7 Å². The zero-order valence-electron chi connectivity index (χ0n) is 29.9. The third kappa shape index (κ3) is 8.41. The number of aromatic nitrogens is 2. The second-order valence-corrected chi connectivity index (χ2v) is 13.3. The highest BCUT2D eigenvalue weighted by Gasteiger charge is 2.27. The number of benzene rings is 4. The van der Waals surface area contributed by atoms with Gasteiger partial charge in [-0.05, 0) is 106 Å². The molecule has 264 valence electrons. The Kier molecular flexibility index (Phi) is 10.6. The number of carboxylic acid groups (broad SMARTS) is 2. The van der Waals surface area contributed by atoms with E-state index in [1.165, 1.54) is 24.0 Å². The van der Waals surface area contributed by atoms with Gasteiger partial charge in [0.25, 0.3) is 0 Å². The summed E-state index contributed by atoms with van der Waals surface area (Å²) in [7, 11) is 0. The van der Waals surface area contributed by atoms with Crippen LogP contribution >= 0.6 is 0 Å². The van der Waals surface area contributed by atoms with Crippen molar-refractivity contribution in [2.45, 2.75) is 46.5 Å². The monoisotopic (exact) mass is 701 g/mol. The lowest BCUT2D eigenvalue weighted by molar-refractivity contribution is 0.0687. The van der Waals surface area contributed by atoms with Gasteiger partial charge >= 0.3 is 11.9 Å². The molecule has 0 atom stereocenters. The number of anilines is 4. The molecular weight excluding hydrogens is 663 g/mol. The molecule has 1 aliphatic rings. The van der Waals surface area contributed by atoms with Gasteiger partial charge in [0.2, 0.25) is 0 Å². The van der Waals surface area contributed by atoms with Crippen LogP contribution in [0.2, 0.25) is 0 Å². The summed E-state index contributed by atoms with van der Waals surface area (Å²) in [6.45, 7) is 7.69. The van der Waals surface area contributed by atoms with E-state index in [2.05, 4.69) is 46.0 Å². The van der Waals surface area contributed by atoms with E-state index in [1.807, 2.05) is 70.2 Å². The highest BCUT2D eigenvalue weighted by Crippen LogP contribution is 2.44. The molecule has 1 saturated carbocycles. The molecular formula is C44H39N5O4. The summed E-state index contributed by atoms with van der Waals surface area (Å²) in [6, 6.07) is 32.5. The highest BCUT2D eigenvalue weighted by atomic mass is 16.4. The van der Waals surface area contributed by atoms with Gasteiger partial charge in [0.15, 0.2) is 0 Å². The predicted octanol–water partition coefficient (Wildman–Crippen LogP) is 10.4. The van der Waals surface area contributed by atoms with Crippen LogP contribution in [-0.2, 0) is 0 Å². The number of rotatable bonds is 9. The van der Waals surface area contributed by atoms with E-state index in [-0.39, 0.29) is 11.1 Å². The molecule has 9 nitrogen and oxygen atoms in total. The fourth-order valence-electron chi connectivity index (χ4n) is 6.30. The van der Waals surface area contributed by atoms with E-state index in [0.29, 0.717) is 28.5 Å². The van der Waals surface area contributed by atoms with E-state index >= 15 is 0 Å². The van der Waals surface area contributed by atoms with Crippen molar-refractivity contribution in [1.82, 2.24) is 9.97 Å². The zero-order valence-corrected chi connectivity index (χ0v) is 29.9. The Bertz CT molecular complexity index is 2390. The number of nitriles is 1. The number of nitrogens with one attached hydrogen (secondary N) is 2. The maximum atomic E-state index is 11.5. The summed E-state index contributed by atoms with van der Waals surface area (Å²) in [5.41, 5.74) is 12.4. The highest BCUT2D eigenvalue weighted by molar-refractivity contribution is 5.96. The molecule has 2 aromatic heterocycles. The first-order valence-electron chi connectivity index (χ1n) is 17.3. The number of aryl methyl sites for hydroxylation is 4. The molecule has 0 amide bonds. The van der Waals surface area contributed by atoms with Crippen LogP contribution in [0, 0.1) is 39.0 Å². The molecule has 1 aliphatic carbocycles. The molecule has 53 heavy (non-hydrogen) atoms. The second kappa shape index (κ2) is 15.6. The van der Waals surface area contributed by atoms with Gasteiger partial charge in [0, 0.05) is 11.1 Å². The Labute approximate surface area is 308 Å². The first-order chi connectivity index (χ1) is 25.5. The summed E-state index contributed by atoms with van der Waals surface area (Å²) in [6.07, 6.45) is 5.92. The smallest absolute Gasteiger partial charge is 0.337 e. The van der Waals surface area contributed by atoms with Gasteiger partial charge < -0.3 is 20.8 Å². The molecule has 7 rings (SSSR count). The van der Waals surface area contributed by atoms with Crippen molar-refractivity contribution in [2.24, 2.45) is 0 Å². The normalized spacial score (nSPS) is 11.8. The third-order valence-corrected chi connectivity index (χ3v) is 9.06. The van der Waals surface area contributed by atoms with E-state index < -0.39 is 11.9 Å². The molecule has 0 saturated heterocycles. The number of hydrogen-bond acceptors (Lipinski definition) is 7. The minimum Gasteiger partial charge on any atom is -0.478 e. The third-order valence-electron chi connectivity index (χ3n) is 9.06. The van der Waals surface area contributed by atoms with E-state index in [0.717, 1.165) is 44.9 Å². The summed E-state index contributed by atoms with van der Waals surface area (Å²) in [5, 5.41) is 34.4. The first-order valence-corrected chi connectivity index (χ1v) is 17.3. The van der Waals surface area contributed by atoms with Crippen LogP contribution in [0.25, 0.3) is 22.5 Å². The average molecular weight is 702 g/mol. The summed E-state index contributed by atoms with van der Waals surface area (Å²) >= 11 is 0. The lowest BCUT2D eigenvalue weighted by Gasteiger charge is -2.14. The Hall–Kier alpha value is -6.79. The van der Waals surface area contributed by atoms with Crippen LogP contribution in [0.1, 0.15) is 72.9 Å². The number of carbonyl (C=O) groups is 2. The second-order valence-electron chi connectivity index (χ2n) is 13.3. The number of pyridine rings is 2. The van der Waals surface area contributed by atoms with Crippen LogP contribution in [0.4, 0.5) is 22.7 Å². The van der Waals surface area contributed by atoms with Gasteiger partial charge in [-0.2, -0.15) is 5.26 Å². The minimum atomic E-state index is -0.986. The van der Waals surface area contributed by atoms with E-state index in [1.54, 1.807) is 42.7 Å². The van der Waals surface area contributed by atoms with Gasteiger partial charge in [0.1, 0.15) is 0 Å². The molecule has 9 heteroatoms. The molecule has 6 aromatic rings. The zero-order chi connectivity index (χ0) is 37.6. The van der Waals surface area contributed by atoms with Crippen LogP contribution < -0.4 is 10.6 Å². The molecule has 0 spiro atoms. The molecule has 1 fully saturated rings. The van der Waals surface area contributed by atoms with Crippen LogP contribution in [0.15, 0.2) is 109 Å². The van der Waals surface area contributed by atoms with Crippen LogP contribution in [-0.4, -0.2) is 32.1 Å². The Morgan fingerprint density at radius 2 is 1.13 bits per heavy atom. The van der Waals surface area contributed by atoms with Crippen molar-refractivity contribution in [3.63, 3.8) is 0 Å². The van der Waals surface area contributed by atoms with Gasteiger partial charge in [0.05, 0.1) is 69.3 Å².